The highest BCUT2D eigenvalue weighted by atomic mass is 127. The number of hydrogen-bond donors (Lipinski definition) is 2. The van der Waals surface area contributed by atoms with Crippen molar-refractivity contribution in [1.82, 2.24) is 10.2 Å². The highest BCUT2D eigenvalue weighted by Gasteiger charge is 2.23. The van der Waals surface area contributed by atoms with Crippen molar-refractivity contribution in [2.45, 2.75) is 39.7 Å². The molecule has 130 valence electrons. The fourth-order valence-electron chi connectivity index (χ4n) is 3.07. The van der Waals surface area contributed by atoms with E-state index in [1.165, 1.54) is 0 Å². The first kappa shape index (κ1) is 19.8. The molecule has 1 aliphatic heterocycles. The topological polar surface area (TPSA) is 83.9 Å². The normalized spacial score (nSPS) is 18.5. The van der Waals surface area contributed by atoms with Gasteiger partial charge in [-0.15, -0.1) is 24.0 Å². The number of guanidine groups is 1. The predicted octanol–water partition coefficient (Wildman–Crippen LogP) is 2.18. The first-order chi connectivity index (χ1) is 10.5. The second-order valence-corrected chi connectivity index (χ2v) is 5.96. The molecule has 3 N–H and O–H groups in total. The molecule has 1 aliphatic rings. The van der Waals surface area contributed by atoms with E-state index in [0.717, 1.165) is 49.0 Å². The van der Waals surface area contributed by atoms with Gasteiger partial charge in [-0.25, -0.2) is 0 Å². The summed E-state index contributed by atoms with van der Waals surface area (Å²) in [5.41, 5.74) is 6.46. The molecule has 2 heterocycles. The van der Waals surface area contributed by atoms with Crippen molar-refractivity contribution in [2.24, 2.45) is 16.6 Å². The molecule has 6 nitrogen and oxygen atoms in total. The summed E-state index contributed by atoms with van der Waals surface area (Å²) in [5.74, 6) is 2.82. The molecule has 0 spiro atoms. The van der Waals surface area contributed by atoms with E-state index in [9.17, 15) is 4.79 Å². The number of aliphatic imine (C=N–C) groups is 1. The maximum atomic E-state index is 11.1. The molecule has 0 aromatic carbocycles. The molecule has 1 unspecified atom stereocenters. The largest absolute Gasteiger partial charge is 0.466 e. The average molecular weight is 434 g/mol. The van der Waals surface area contributed by atoms with Crippen molar-refractivity contribution in [2.75, 3.05) is 20.1 Å². The third-order valence-corrected chi connectivity index (χ3v) is 4.10. The van der Waals surface area contributed by atoms with Crippen molar-refractivity contribution in [1.29, 1.82) is 0 Å². The molecule has 1 saturated heterocycles. The van der Waals surface area contributed by atoms with Crippen molar-refractivity contribution < 1.29 is 9.21 Å². The third-order valence-electron chi connectivity index (χ3n) is 4.10. The minimum absolute atomic E-state index is 0. The quantitative estimate of drug-likeness (QED) is 0.432. The van der Waals surface area contributed by atoms with Gasteiger partial charge in [0.1, 0.15) is 11.5 Å². The van der Waals surface area contributed by atoms with Crippen LogP contribution in [0, 0.1) is 19.8 Å². The minimum atomic E-state index is -0.223. The summed E-state index contributed by atoms with van der Waals surface area (Å²) in [4.78, 5) is 17.7. The summed E-state index contributed by atoms with van der Waals surface area (Å²) in [6.07, 6.45) is 2.56. The molecule has 2 rings (SSSR count). The molecule has 7 heteroatoms. The highest BCUT2D eigenvalue weighted by Crippen LogP contribution is 2.19. The minimum Gasteiger partial charge on any atom is -0.466 e. The Hall–Kier alpha value is -1.25. The Kier molecular flexibility index (Phi) is 7.87. The van der Waals surface area contributed by atoms with Gasteiger partial charge in [-0.2, -0.15) is 0 Å². The van der Waals surface area contributed by atoms with E-state index in [1.54, 1.807) is 7.05 Å². The molecule has 1 fully saturated rings. The molecule has 1 atom stereocenters. The third kappa shape index (κ3) is 5.71. The number of furan rings is 1. The number of aryl methyl sites for hydroxylation is 2. The lowest BCUT2D eigenvalue weighted by Gasteiger charge is -2.34. The second-order valence-electron chi connectivity index (χ2n) is 5.96. The molecule has 1 aromatic heterocycles. The molecule has 23 heavy (non-hydrogen) atoms. The number of hydrogen-bond acceptors (Lipinski definition) is 3. The zero-order chi connectivity index (χ0) is 16.1. The number of rotatable bonds is 4. The molecular weight excluding hydrogens is 407 g/mol. The van der Waals surface area contributed by atoms with E-state index < -0.39 is 0 Å². The Bertz CT molecular complexity index is 556. The van der Waals surface area contributed by atoms with Crippen molar-refractivity contribution in [3.8, 4) is 0 Å². The van der Waals surface area contributed by atoms with E-state index >= 15 is 0 Å². The number of piperidine rings is 1. The predicted molar refractivity (Wildman–Crippen MR) is 102 cm³/mol. The highest BCUT2D eigenvalue weighted by molar-refractivity contribution is 14.0. The first-order valence-corrected chi connectivity index (χ1v) is 7.79. The summed E-state index contributed by atoms with van der Waals surface area (Å²) in [5, 5.41) is 3.38. The number of nitrogens with zero attached hydrogens (tertiary/aromatic N) is 2. The molecule has 1 amide bonds. The van der Waals surface area contributed by atoms with Gasteiger partial charge >= 0.3 is 0 Å². The van der Waals surface area contributed by atoms with Crippen LogP contribution in [-0.2, 0) is 11.3 Å². The van der Waals surface area contributed by atoms with Crippen LogP contribution >= 0.6 is 24.0 Å². The number of carbonyl (C=O) groups excluding carboxylic acids is 1. The number of primary amides is 1. The zero-order valence-electron chi connectivity index (χ0n) is 14.1. The fraction of sp³-hybridized carbons (Fsp3) is 0.625. The summed E-state index contributed by atoms with van der Waals surface area (Å²) < 4.78 is 5.54. The lowest BCUT2D eigenvalue weighted by molar-refractivity contribution is -0.119. The average Bonchev–Trinajstić information content (AvgIpc) is 2.77. The standard InChI is InChI=1S/C16H26N4O2.HI/c1-11-7-14(12(2)22-11)9-19-16(18-3)20-6-4-5-13(10-20)8-15(17)21;/h7,13H,4-6,8-10H2,1-3H3,(H2,17,21)(H,18,19);1H. The Morgan fingerprint density at radius 2 is 2.26 bits per heavy atom. The summed E-state index contributed by atoms with van der Waals surface area (Å²) >= 11 is 0. The molecule has 1 aromatic rings. The number of halogens is 1. The van der Waals surface area contributed by atoms with Gasteiger partial charge < -0.3 is 20.4 Å². The van der Waals surface area contributed by atoms with Crippen LogP contribution in [-0.4, -0.2) is 36.9 Å². The Labute approximate surface area is 154 Å². The maximum absolute atomic E-state index is 11.1. The van der Waals surface area contributed by atoms with Gasteiger partial charge in [0, 0.05) is 38.7 Å². The molecular formula is C16H27IN4O2. The number of nitrogens with two attached hydrogens (primary N) is 1. The van der Waals surface area contributed by atoms with Crippen molar-refractivity contribution in [3.63, 3.8) is 0 Å². The van der Waals surface area contributed by atoms with Crippen LogP contribution in [0.15, 0.2) is 15.5 Å². The van der Waals surface area contributed by atoms with Crippen molar-refractivity contribution >= 4 is 35.8 Å². The molecule has 0 aliphatic carbocycles. The van der Waals surface area contributed by atoms with E-state index in [4.69, 9.17) is 10.2 Å². The van der Waals surface area contributed by atoms with Crippen LogP contribution in [0.2, 0.25) is 0 Å². The van der Waals surface area contributed by atoms with Crippen LogP contribution in [0.5, 0.6) is 0 Å². The summed E-state index contributed by atoms with van der Waals surface area (Å²) in [6, 6.07) is 2.04. The lowest BCUT2D eigenvalue weighted by atomic mass is 9.95. The number of likely N-dealkylation sites (tertiary alicyclic amines) is 1. The van der Waals surface area contributed by atoms with E-state index in [1.807, 2.05) is 19.9 Å². The Morgan fingerprint density at radius 3 is 2.83 bits per heavy atom. The van der Waals surface area contributed by atoms with Gasteiger partial charge in [0.05, 0.1) is 0 Å². The number of carbonyl (C=O) groups is 1. The van der Waals surface area contributed by atoms with E-state index in [-0.39, 0.29) is 29.9 Å². The van der Waals surface area contributed by atoms with E-state index in [0.29, 0.717) is 18.9 Å². The number of amides is 1. The van der Waals surface area contributed by atoms with Crippen LogP contribution in [0.25, 0.3) is 0 Å². The second kappa shape index (κ2) is 9.14. The van der Waals surface area contributed by atoms with Gasteiger partial charge in [-0.3, -0.25) is 9.79 Å². The monoisotopic (exact) mass is 434 g/mol. The first-order valence-electron chi connectivity index (χ1n) is 7.79. The van der Waals surface area contributed by atoms with Crippen LogP contribution in [0.4, 0.5) is 0 Å². The van der Waals surface area contributed by atoms with Crippen LogP contribution in [0.1, 0.15) is 36.3 Å². The summed E-state index contributed by atoms with van der Waals surface area (Å²) in [6.45, 7) is 6.39. The van der Waals surface area contributed by atoms with Gasteiger partial charge in [0.15, 0.2) is 5.96 Å². The van der Waals surface area contributed by atoms with Gasteiger partial charge in [0.25, 0.3) is 0 Å². The van der Waals surface area contributed by atoms with Crippen LogP contribution < -0.4 is 11.1 Å². The SMILES string of the molecule is CN=C(NCc1cc(C)oc1C)N1CCCC(CC(N)=O)C1.I. The summed E-state index contributed by atoms with van der Waals surface area (Å²) in [7, 11) is 1.79. The lowest BCUT2D eigenvalue weighted by Crippen LogP contribution is -2.46. The molecule has 0 bridgehead atoms. The smallest absolute Gasteiger partial charge is 0.217 e. The Balaban J connectivity index is 0.00000264. The zero-order valence-corrected chi connectivity index (χ0v) is 16.4. The number of nitrogens with one attached hydrogen (secondary N) is 1. The van der Waals surface area contributed by atoms with Gasteiger partial charge in [0.2, 0.25) is 5.91 Å². The van der Waals surface area contributed by atoms with Crippen LogP contribution in [0.3, 0.4) is 0 Å². The van der Waals surface area contributed by atoms with Crippen molar-refractivity contribution in [3.05, 3.63) is 23.2 Å². The maximum Gasteiger partial charge on any atom is 0.217 e. The van der Waals surface area contributed by atoms with Gasteiger partial charge in [-0.05, 0) is 38.7 Å². The molecule has 0 radical (unpaired) electrons. The fourth-order valence-corrected chi connectivity index (χ4v) is 3.07. The Morgan fingerprint density at radius 1 is 1.52 bits per heavy atom. The van der Waals surface area contributed by atoms with Gasteiger partial charge in [-0.1, -0.05) is 0 Å². The molecule has 0 saturated carbocycles. The van der Waals surface area contributed by atoms with E-state index in [2.05, 4.69) is 15.2 Å².